The molecule has 0 bridgehead atoms. The Hall–Kier alpha value is -4.74. The van der Waals surface area contributed by atoms with Crippen molar-refractivity contribution >= 4 is 11.0 Å². The lowest BCUT2D eigenvalue weighted by Gasteiger charge is -2.10. The van der Waals surface area contributed by atoms with Crippen LogP contribution in [0.1, 0.15) is 11.3 Å². The van der Waals surface area contributed by atoms with E-state index in [1.807, 2.05) is 54.6 Å². The van der Waals surface area contributed by atoms with Gasteiger partial charge in [0.05, 0.1) is 25.1 Å². The standard InChI is InChI=1S/C26H19N5O3/c1-34-21-12-10-20(11-13-21)31-25-24(23(14-27)29-31)28-16-30(26(25)33)19-8-6-17(7-9-19)22-5-3-2-4-18(22)15-32/h2-13,16,32H,15H2,1H3. The molecular weight excluding hydrogens is 430 g/mol. The summed E-state index contributed by atoms with van der Waals surface area (Å²) < 4.78 is 8.06. The maximum atomic E-state index is 13.5. The topological polar surface area (TPSA) is 106 Å². The second-order valence-corrected chi connectivity index (χ2v) is 7.55. The third-order valence-electron chi connectivity index (χ3n) is 5.65. The molecule has 0 atom stereocenters. The molecule has 0 spiro atoms. The summed E-state index contributed by atoms with van der Waals surface area (Å²) in [4.78, 5) is 17.9. The van der Waals surface area contributed by atoms with Crippen molar-refractivity contribution in [1.29, 1.82) is 5.26 Å². The molecule has 0 saturated heterocycles. The zero-order valence-electron chi connectivity index (χ0n) is 18.2. The number of benzene rings is 3. The van der Waals surface area contributed by atoms with Gasteiger partial charge in [0.15, 0.2) is 11.2 Å². The minimum atomic E-state index is -0.349. The highest BCUT2D eigenvalue weighted by atomic mass is 16.5. The average molecular weight is 449 g/mol. The number of fused-ring (bicyclic) bond motifs is 1. The summed E-state index contributed by atoms with van der Waals surface area (Å²) in [6.07, 6.45) is 1.40. The zero-order valence-corrected chi connectivity index (χ0v) is 18.2. The number of aliphatic hydroxyl groups excluding tert-OH is 1. The van der Waals surface area contributed by atoms with E-state index in [1.54, 1.807) is 31.4 Å². The first-order valence-corrected chi connectivity index (χ1v) is 10.5. The number of hydrogen-bond donors (Lipinski definition) is 1. The quantitative estimate of drug-likeness (QED) is 0.439. The fourth-order valence-corrected chi connectivity index (χ4v) is 3.92. The molecule has 3 aromatic carbocycles. The Morgan fingerprint density at radius 2 is 1.71 bits per heavy atom. The van der Waals surface area contributed by atoms with Crippen LogP contribution in [0, 0.1) is 11.3 Å². The van der Waals surface area contributed by atoms with E-state index in [0.29, 0.717) is 17.1 Å². The van der Waals surface area contributed by atoms with E-state index in [-0.39, 0.29) is 28.9 Å². The van der Waals surface area contributed by atoms with Gasteiger partial charge in [0.25, 0.3) is 5.56 Å². The Morgan fingerprint density at radius 3 is 2.38 bits per heavy atom. The van der Waals surface area contributed by atoms with E-state index in [2.05, 4.69) is 10.1 Å². The molecule has 166 valence electrons. The van der Waals surface area contributed by atoms with Crippen LogP contribution in [0.4, 0.5) is 0 Å². The summed E-state index contributed by atoms with van der Waals surface area (Å²) in [5, 5.41) is 23.5. The minimum absolute atomic E-state index is 0.0610. The van der Waals surface area contributed by atoms with Crippen molar-refractivity contribution in [2.24, 2.45) is 0 Å². The Kier molecular flexibility index (Phi) is 5.38. The predicted molar refractivity (Wildman–Crippen MR) is 127 cm³/mol. The lowest BCUT2D eigenvalue weighted by atomic mass is 10.00. The van der Waals surface area contributed by atoms with Crippen LogP contribution in [0.15, 0.2) is 83.9 Å². The van der Waals surface area contributed by atoms with E-state index in [1.165, 1.54) is 15.6 Å². The van der Waals surface area contributed by atoms with Crippen LogP contribution in [0.2, 0.25) is 0 Å². The van der Waals surface area contributed by atoms with E-state index in [9.17, 15) is 15.2 Å². The molecule has 2 heterocycles. The van der Waals surface area contributed by atoms with Gasteiger partial charge in [-0.05, 0) is 53.1 Å². The molecule has 5 aromatic rings. The Labute approximate surface area is 194 Å². The summed E-state index contributed by atoms with van der Waals surface area (Å²) in [5.74, 6) is 0.666. The van der Waals surface area contributed by atoms with Crippen molar-refractivity contribution in [2.45, 2.75) is 6.61 Å². The fourth-order valence-electron chi connectivity index (χ4n) is 3.92. The SMILES string of the molecule is COc1ccc(-n2nc(C#N)c3ncn(-c4ccc(-c5ccccc5CO)cc4)c(=O)c32)cc1. The van der Waals surface area contributed by atoms with Gasteiger partial charge < -0.3 is 9.84 Å². The predicted octanol–water partition coefficient (Wildman–Crippen LogP) is 3.61. The largest absolute Gasteiger partial charge is 0.497 e. The van der Waals surface area contributed by atoms with E-state index >= 15 is 0 Å². The maximum absolute atomic E-state index is 13.5. The summed E-state index contributed by atoms with van der Waals surface area (Å²) >= 11 is 0. The van der Waals surface area contributed by atoms with Crippen LogP contribution in [0.3, 0.4) is 0 Å². The molecule has 2 aromatic heterocycles. The highest BCUT2D eigenvalue weighted by molar-refractivity contribution is 5.81. The number of ether oxygens (including phenoxy) is 1. The van der Waals surface area contributed by atoms with Gasteiger partial charge in [-0.3, -0.25) is 9.36 Å². The number of aliphatic hydroxyl groups is 1. The molecule has 34 heavy (non-hydrogen) atoms. The lowest BCUT2D eigenvalue weighted by Crippen LogP contribution is -2.21. The van der Waals surface area contributed by atoms with Gasteiger partial charge in [-0.25, -0.2) is 9.67 Å². The van der Waals surface area contributed by atoms with Crippen LogP contribution in [0.5, 0.6) is 5.75 Å². The van der Waals surface area contributed by atoms with Gasteiger partial charge in [0.2, 0.25) is 0 Å². The number of nitriles is 1. The number of hydrogen-bond acceptors (Lipinski definition) is 6. The Morgan fingerprint density at radius 1 is 1.00 bits per heavy atom. The van der Waals surface area contributed by atoms with Crippen molar-refractivity contribution in [2.75, 3.05) is 7.11 Å². The van der Waals surface area contributed by atoms with Crippen LogP contribution in [-0.2, 0) is 6.61 Å². The van der Waals surface area contributed by atoms with Crippen LogP contribution in [-0.4, -0.2) is 31.5 Å². The van der Waals surface area contributed by atoms with Crippen molar-refractivity contribution in [3.8, 4) is 34.3 Å². The normalized spacial score (nSPS) is 10.9. The van der Waals surface area contributed by atoms with Gasteiger partial charge in [-0.15, -0.1) is 0 Å². The first-order valence-electron chi connectivity index (χ1n) is 10.5. The molecule has 8 heteroatoms. The van der Waals surface area contributed by atoms with Crippen molar-refractivity contribution < 1.29 is 9.84 Å². The maximum Gasteiger partial charge on any atom is 0.284 e. The third-order valence-corrected chi connectivity index (χ3v) is 5.65. The van der Waals surface area contributed by atoms with Crippen LogP contribution < -0.4 is 10.3 Å². The molecule has 0 amide bonds. The molecule has 0 saturated carbocycles. The Bertz CT molecular complexity index is 1590. The second kappa shape index (κ2) is 8.65. The first kappa shape index (κ1) is 21.1. The highest BCUT2D eigenvalue weighted by Gasteiger charge is 2.18. The molecule has 1 N–H and O–H groups in total. The lowest BCUT2D eigenvalue weighted by molar-refractivity contribution is 0.282. The summed E-state index contributed by atoms with van der Waals surface area (Å²) in [6, 6.07) is 24.1. The molecule has 5 rings (SSSR count). The first-order chi connectivity index (χ1) is 16.6. The number of nitrogens with zero attached hydrogens (tertiary/aromatic N) is 5. The molecule has 8 nitrogen and oxygen atoms in total. The van der Waals surface area contributed by atoms with Crippen LogP contribution in [0.25, 0.3) is 33.5 Å². The molecule has 0 aliphatic carbocycles. The van der Waals surface area contributed by atoms with E-state index in [4.69, 9.17) is 4.74 Å². The average Bonchev–Trinajstić information content (AvgIpc) is 3.29. The van der Waals surface area contributed by atoms with Gasteiger partial charge in [-0.2, -0.15) is 10.4 Å². The number of methoxy groups -OCH3 is 1. The smallest absolute Gasteiger partial charge is 0.284 e. The molecular formula is C26H19N5O3. The molecule has 0 fully saturated rings. The summed E-state index contributed by atoms with van der Waals surface area (Å²) in [6.45, 7) is -0.0610. The van der Waals surface area contributed by atoms with Crippen molar-refractivity contribution in [1.82, 2.24) is 19.3 Å². The molecule has 0 unspecified atom stereocenters. The molecule has 0 radical (unpaired) electrons. The molecule has 0 aliphatic rings. The number of aromatic nitrogens is 4. The summed E-state index contributed by atoms with van der Waals surface area (Å²) in [5.41, 5.74) is 4.07. The zero-order chi connectivity index (χ0) is 23.7. The van der Waals surface area contributed by atoms with Crippen LogP contribution >= 0.6 is 0 Å². The monoisotopic (exact) mass is 449 g/mol. The van der Waals surface area contributed by atoms with Crippen molar-refractivity contribution in [3.63, 3.8) is 0 Å². The number of rotatable bonds is 5. The van der Waals surface area contributed by atoms with Gasteiger partial charge in [0, 0.05) is 0 Å². The second-order valence-electron chi connectivity index (χ2n) is 7.55. The van der Waals surface area contributed by atoms with Crippen molar-refractivity contribution in [3.05, 3.63) is 101 Å². The summed E-state index contributed by atoms with van der Waals surface area (Å²) in [7, 11) is 1.57. The minimum Gasteiger partial charge on any atom is -0.497 e. The Balaban J connectivity index is 1.63. The fraction of sp³-hybridized carbons (Fsp3) is 0.0769. The van der Waals surface area contributed by atoms with Gasteiger partial charge in [-0.1, -0.05) is 36.4 Å². The molecule has 0 aliphatic heterocycles. The van der Waals surface area contributed by atoms with E-state index < -0.39 is 0 Å². The van der Waals surface area contributed by atoms with E-state index in [0.717, 1.165) is 16.7 Å². The highest BCUT2D eigenvalue weighted by Crippen LogP contribution is 2.25. The van der Waals surface area contributed by atoms with Gasteiger partial charge >= 0.3 is 0 Å². The van der Waals surface area contributed by atoms with Gasteiger partial charge in [0.1, 0.15) is 23.7 Å². The third kappa shape index (κ3) is 3.50.